The minimum atomic E-state index is -1.76. The molecule has 0 saturated carbocycles. The first kappa shape index (κ1) is 22.3. The Bertz CT molecular complexity index is 897. The summed E-state index contributed by atoms with van der Waals surface area (Å²) in [4.78, 5) is 0. The van der Waals surface area contributed by atoms with Crippen LogP contribution in [0.15, 0.2) is 60.7 Å². The topological polar surface area (TPSA) is 0 Å². The van der Waals surface area contributed by atoms with E-state index in [1.54, 1.807) is 0 Å². The van der Waals surface area contributed by atoms with Crippen molar-refractivity contribution in [2.45, 2.75) is 34.6 Å². The monoisotopic (exact) mass is 474 g/mol. The summed E-state index contributed by atoms with van der Waals surface area (Å²) >= 11 is -1.76. The molecule has 142 valence electrons. The van der Waals surface area contributed by atoms with E-state index < -0.39 is 18.9 Å². The third kappa shape index (κ3) is 5.98. The molecule has 0 aliphatic heterocycles. The van der Waals surface area contributed by atoms with Crippen LogP contribution in [0, 0.1) is 27.7 Å². The Morgan fingerprint density at radius 1 is 0.667 bits per heavy atom. The van der Waals surface area contributed by atoms with Crippen molar-refractivity contribution in [2.24, 2.45) is 0 Å². The van der Waals surface area contributed by atoms with E-state index in [2.05, 4.69) is 88.4 Å². The van der Waals surface area contributed by atoms with Crippen LogP contribution >= 0.6 is 17.0 Å². The minimum Gasteiger partial charge on any atom is -0.168 e. The van der Waals surface area contributed by atoms with Crippen LogP contribution in [-0.2, 0) is 18.9 Å². The summed E-state index contributed by atoms with van der Waals surface area (Å²) in [6, 6.07) is 21.7. The Morgan fingerprint density at radius 3 is 1.30 bits per heavy atom. The maximum atomic E-state index is 5.37. The normalized spacial score (nSPS) is 10.0. The standard InChI is InChI=1S/2C11H11.C2H4.2ClH.Zr/c2*1-8-6-7-9(2)11-5-3-4-10(8)11;1-2;;;/h2*3-7H,1-2H3;1H,2H3;2*1H;/q2*-1;;;;+2/p-2. The Kier molecular flexibility index (Phi) is 8.68. The first-order valence-corrected chi connectivity index (χ1v) is 16.8. The van der Waals surface area contributed by atoms with Crippen LogP contribution in [0.3, 0.4) is 0 Å². The average molecular weight is 477 g/mol. The van der Waals surface area contributed by atoms with Crippen molar-refractivity contribution < 1.29 is 18.9 Å². The SMILES string of the molecule is C[CH]=[Zr]([Cl])[Cl].Cc1ccc(C)c2[cH-]ccc12.Cc1ccc(C)c2[cH-]ccc12. The Labute approximate surface area is 177 Å². The summed E-state index contributed by atoms with van der Waals surface area (Å²) in [7, 11) is 10.7. The van der Waals surface area contributed by atoms with Crippen molar-refractivity contribution in [3.05, 3.63) is 82.9 Å². The van der Waals surface area contributed by atoms with Crippen LogP contribution < -0.4 is 0 Å². The molecule has 27 heavy (non-hydrogen) atoms. The molecule has 0 aliphatic rings. The minimum absolute atomic E-state index is 1.37. The second-order valence-electron chi connectivity index (χ2n) is 6.68. The van der Waals surface area contributed by atoms with Gasteiger partial charge in [0.05, 0.1) is 0 Å². The van der Waals surface area contributed by atoms with Gasteiger partial charge in [-0.1, -0.05) is 37.1 Å². The zero-order valence-corrected chi connectivity index (χ0v) is 20.6. The van der Waals surface area contributed by atoms with Crippen LogP contribution in [0.5, 0.6) is 0 Å². The van der Waals surface area contributed by atoms with Crippen molar-refractivity contribution in [1.29, 1.82) is 0 Å². The maximum Gasteiger partial charge on any atom is -0.0488 e. The molecule has 4 aromatic carbocycles. The smallest absolute Gasteiger partial charge is 0.0488 e. The number of rotatable bonds is 0. The molecule has 4 rings (SSSR count). The molecule has 0 bridgehead atoms. The van der Waals surface area contributed by atoms with E-state index in [-0.39, 0.29) is 0 Å². The average Bonchev–Trinajstić information content (AvgIpc) is 3.33. The fraction of sp³-hybridized carbons (Fsp3) is 0.208. The Balaban J connectivity index is 0.000000157. The first-order valence-electron chi connectivity index (χ1n) is 9.05. The summed E-state index contributed by atoms with van der Waals surface area (Å²) in [5, 5.41) is 5.57. The van der Waals surface area contributed by atoms with E-state index in [0.29, 0.717) is 0 Å². The van der Waals surface area contributed by atoms with Gasteiger partial charge in [-0.2, -0.15) is 24.3 Å². The zero-order valence-electron chi connectivity index (χ0n) is 16.6. The van der Waals surface area contributed by atoms with Crippen LogP contribution in [0.1, 0.15) is 29.2 Å². The van der Waals surface area contributed by atoms with Crippen molar-refractivity contribution in [3.8, 4) is 0 Å². The fourth-order valence-corrected chi connectivity index (χ4v) is 3.07. The predicted molar refractivity (Wildman–Crippen MR) is 121 cm³/mol. The van der Waals surface area contributed by atoms with Gasteiger partial charge in [0.1, 0.15) is 0 Å². The van der Waals surface area contributed by atoms with E-state index in [9.17, 15) is 0 Å². The van der Waals surface area contributed by atoms with Gasteiger partial charge in [0, 0.05) is 0 Å². The second kappa shape index (κ2) is 10.5. The molecule has 0 atom stereocenters. The largest absolute Gasteiger partial charge is 0.168 e. The van der Waals surface area contributed by atoms with Gasteiger partial charge in [0.25, 0.3) is 0 Å². The third-order valence-corrected chi connectivity index (χ3v) is 8.37. The number of aryl methyl sites for hydroxylation is 4. The van der Waals surface area contributed by atoms with Crippen LogP contribution in [-0.4, -0.2) is 3.71 Å². The maximum absolute atomic E-state index is 5.37. The molecule has 0 unspecified atom stereocenters. The van der Waals surface area contributed by atoms with Crippen molar-refractivity contribution >= 4 is 42.3 Å². The molecule has 0 fully saturated rings. The molecule has 0 saturated heterocycles. The Hall–Kier alpha value is -1.01. The summed E-state index contributed by atoms with van der Waals surface area (Å²) < 4.78 is 1.89. The molecule has 4 aromatic rings. The van der Waals surface area contributed by atoms with Gasteiger partial charge in [-0.05, 0) is 13.8 Å². The molecule has 0 aromatic heterocycles. The van der Waals surface area contributed by atoms with Gasteiger partial charge in [-0.15, -0.1) is 56.9 Å². The van der Waals surface area contributed by atoms with Gasteiger partial charge in [0.2, 0.25) is 0 Å². The van der Waals surface area contributed by atoms with E-state index in [1.165, 1.54) is 43.8 Å². The first-order chi connectivity index (χ1) is 12.8. The molecule has 0 amide bonds. The number of hydrogen-bond acceptors (Lipinski definition) is 0. The van der Waals surface area contributed by atoms with Gasteiger partial charge in [-0.3, -0.25) is 0 Å². The fourth-order valence-electron chi connectivity index (χ4n) is 3.07. The molecule has 0 aliphatic carbocycles. The number of fused-ring (bicyclic) bond motifs is 2. The van der Waals surface area contributed by atoms with Crippen molar-refractivity contribution in [2.75, 3.05) is 0 Å². The van der Waals surface area contributed by atoms with E-state index >= 15 is 0 Å². The van der Waals surface area contributed by atoms with Gasteiger partial charge in [-0.25, -0.2) is 0 Å². The molecule has 3 heteroatoms. The molecule has 0 N–H and O–H groups in total. The van der Waals surface area contributed by atoms with Crippen LogP contribution in [0.2, 0.25) is 0 Å². The Morgan fingerprint density at radius 2 is 1.00 bits per heavy atom. The summed E-state index contributed by atoms with van der Waals surface area (Å²) in [5.41, 5.74) is 5.48. The molecule has 0 heterocycles. The van der Waals surface area contributed by atoms with Crippen molar-refractivity contribution in [1.82, 2.24) is 0 Å². The summed E-state index contributed by atoms with van der Waals surface area (Å²) in [6.07, 6.45) is 0. The number of benzene rings is 2. The molecule has 0 nitrogen and oxygen atoms in total. The molecular weight excluding hydrogens is 450 g/mol. The number of hydrogen-bond donors (Lipinski definition) is 0. The van der Waals surface area contributed by atoms with Gasteiger partial charge in [0.15, 0.2) is 0 Å². The quantitative estimate of drug-likeness (QED) is 0.225. The summed E-state index contributed by atoms with van der Waals surface area (Å²) in [6.45, 7) is 10.5. The van der Waals surface area contributed by atoms with Gasteiger partial charge < -0.3 is 0 Å². The molecule has 0 radical (unpaired) electrons. The third-order valence-electron chi connectivity index (χ3n) is 4.72. The zero-order chi connectivity index (χ0) is 20.0. The van der Waals surface area contributed by atoms with E-state index in [1.807, 2.05) is 10.6 Å². The molecular formula is C24H26Cl2Zr-2. The number of halogens is 2. The predicted octanol–water partition coefficient (Wildman–Crippen LogP) is 8.09. The molecule has 0 spiro atoms. The second-order valence-corrected chi connectivity index (χ2v) is 15.5. The van der Waals surface area contributed by atoms with Gasteiger partial charge >= 0.3 is 46.5 Å². The van der Waals surface area contributed by atoms with E-state index in [0.717, 1.165) is 0 Å². The van der Waals surface area contributed by atoms with Crippen LogP contribution in [0.4, 0.5) is 0 Å². The van der Waals surface area contributed by atoms with E-state index in [4.69, 9.17) is 17.0 Å². The van der Waals surface area contributed by atoms with Crippen molar-refractivity contribution in [3.63, 3.8) is 0 Å². The van der Waals surface area contributed by atoms with Crippen LogP contribution in [0.25, 0.3) is 21.5 Å². The summed E-state index contributed by atoms with van der Waals surface area (Å²) in [5.74, 6) is 0.